The van der Waals surface area contributed by atoms with Gasteiger partial charge < -0.3 is 10.9 Å². The Morgan fingerprint density at radius 3 is 2.85 bits per heavy atom. The number of hydrogen-bond donors (Lipinski definition) is 2. The van der Waals surface area contributed by atoms with Crippen molar-refractivity contribution in [1.29, 1.82) is 0 Å². The summed E-state index contributed by atoms with van der Waals surface area (Å²) in [7, 11) is 0. The van der Waals surface area contributed by atoms with E-state index >= 15 is 0 Å². The van der Waals surface area contributed by atoms with Crippen LogP contribution in [-0.2, 0) is 0 Å². The molecule has 0 radical (unpaired) electrons. The van der Waals surface area contributed by atoms with Crippen molar-refractivity contribution in [1.82, 2.24) is 4.57 Å². The van der Waals surface area contributed by atoms with E-state index in [0.717, 1.165) is 10.9 Å². The van der Waals surface area contributed by atoms with Crippen LogP contribution in [0.4, 0.5) is 0 Å². The second-order valence-corrected chi connectivity index (χ2v) is 2.70. The van der Waals surface area contributed by atoms with Gasteiger partial charge in [0.1, 0.15) is 0 Å². The van der Waals surface area contributed by atoms with Gasteiger partial charge in [-0.25, -0.2) is 0 Å². The fourth-order valence-corrected chi connectivity index (χ4v) is 1.33. The van der Waals surface area contributed by atoms with Crippen molar-refractivity contribution in [3.05, 3.63) is 36.5 Å². The molecule has 0 unspecified atom stereocenters. The van der Waals surface area contributed by atoms with Crippen molar-refractivity contribution >= 4 is 16.9 Å². The molecule has 0 saturated carbocycles. The fraction of sp³-hybridized carbons (Fsp3) is 0. The van der Waals surface area contributed by atoms with Crippen LogP contribution < -0.4 is 5.73 Å². The highest BCUT2D eigenvalue weighted by Crippen LogP contribution is 2.13. The minimum absolute atomic E-state index is 0.0706. The Kier molecular flexibility index (Phi) is 1.66. The lowest BCUT2D eigenvalue weighted by Gasteiger charge is -2.00. The Hall–Kier alpha value is -1.97. The van der Waals surface area contributed by atoms with Crippen LogP contribution in [-0.4, -0.2) is 15.7 Å². The number of para-hydroxylation sites is 1. The lowest BCUT2D eigenvalue weighted by atomic mass is 10.2. The molecule has 0 fully saturated rings. The summed E-state index contributed by atoms with van der Waals surface area (Å²) < 4.78 is 1.62. The molecule has 0 amide bonds. The largest absolute Gasteiger partial charge is 0.408 e. The van der Waals surface area contributed by atoms with E-state index in [-0.39, 0.29) is 5.96 Å². The molecule has 0 bridgehead atoms. The molecule has 0 aliphatic carbocycles. The first-order valence-electron chi connectivity index (χ1n) is 3.87. The molecule has 1 aromatic carbocycles. The first kappa shape index (κ1) is 7.67. The molecule has 0 atom stereocenters. The zero-order valence-corrected chi connectivity index (χ0v) is 6.88. The number of rotatable bonds is 0. The molecule has 0 spiro atoms. The molecular weight excluding hydrogens is 166 g/mol. The normalized spacial score (nSPS) is 12.2. The third-order valence-corrected chi connectivity index (χ3v) is 1.95. The van der Waals surface area contributed by atoms with E-state index in [9.17, 15) is 0 Å². The monoisotopic (exact) mass is 175 g/mol. The van der Waals surface area contributed by atoms with E-state index in [4.69, 9.17) is 10.9 Å². The lowest BCUT2D eigenvalue weighted by Crippen LogP contribution is -2.20. The molecule has 1 aromatic heterocycles. The van der Waals surface area contributed by atoms with Crippen LogP contribution in [0.25, 0.3) is 10.9 Å². The molecule has 13 heavy (non-hydrogen) atoms. The molecule has 0 aliphatic rings. The molecule has 66 valence electrons. The van der Waals surface area contributed by atoms with Crippen molar-refractivity contribution in [2.75, 3.05) is 0 Å². The summed E-state index contributed by atoms with van der Waals surface area (Å²) in [6, 6.07) is 9.64. The van der Waals surface area contributed by atoms with Gasteiger partial charge in [-0.3, -0.25) is 4.57 Å². The quantitative estimate of drug-likeness (QED) is 0.273. The standard InChI is InChI=1S/C9H9N3O/c10-9(11-13)12-6-5-7-3-1-2-4-8(7)12/h1-6,13H,(H2,10,11). The maximum Gasteiger partial charge on any atom is 0.241 e. The number of nitrogens with two attached hydrogens (primary N) is 1. The Bertz CT molecular complexity index is 459. The van der Waals surface area contributed by atoms with Gasteiger partial charge in [-0.05, 0) is 12.1 Å². The van der Waals surface area contributed by atoms with Crippen molar-refractivity contribution in [3.8, 4) is 0 Å². The van der Waals surface area contributed by atoms with Crippen molar-refractivity contribution in [2.45, 2.75) is 0 Å². The van der Waals surface area contributed by atoms with Gasteiger partial charge in [0.15, 0.2) is 0 Å². The number of fused-ring (bicyclic) bond motifs is 1. The summed E-state index contributed by atoms with van der Waals surface area (Å²) in [5.74, 6) is 0.0706. The van der Waals surface area contributed by atoms with Crippen LogP contribution in [0.2, 0.25) is 0 Å². The van der Waals surface area contributed by atoms with Crippen LogP contribution in [0.1, 0.15) is 0 Å². The van der Waals surface area contributed by atoms with Gasteiger partial charge in [0.25, 0.3) is 0 Å². The van der Waals surface area contributed by atoms with Gasteiger partial charge >= 0.3 is 0 Å². The van der Waals surface area contributed by atoms with Gasteiger partial charge in [-0.15, -0.1) is 0 Å². The van der Waals surface area contributed by atoms with Gasteiger partial charge in [-0.1, -0.05) is 23.4 Å². The second kappa shape index (κ2) is 2.82. The molecule has 2 rings (SSSR count). The zero-order chi connectivity index (χ0) is 9.26. The van der Waals surface area contributed by atoms with Gasteiger partial charge in [0.05, 0.1) is 5.52 Å². The van der Waals surface area contributed by atoms with Gasteiger partial charge in [0.2, 0.25) is 5.96 Å². The summed E-state index contributed by atoms with van der Waals surface area (Å²) in [6.45, 7) is 0. The first-order chi connectivity index (χ1) is 6.33. The minimum atomic E-state index is 0.0706. The van der Waals surface area contributed by atoms with E-state index in [1.165, 1.54) is 0 Å². The Balaban J connectivity index is 2.71. The summed E-state index contributed by atoms with van der Waals surface area (Å²) in [6.07, 6.45) is 1.76. The number of aromatic nitrogens is 1. The maximum absolute atomic E-state index is 8.51. The highest BCUT2D eigenvalue weighted by molar-refractivity contribution is 5.92. The molecule has 2 aromatic rings. The average Bonchev–Trinajstić information content (AvgIpc) is 2.60. The second-order valence-electron chi connectivity index (χ2n) is 2.70. The fourth-order valence-electron chi connectivity index (χ4n) is 1.33. The highest BCUT2D eigenvalue weighted by Gasteiger charge is 2.01. The van der Waals surface area contributed by atoms with Crippen molar-refractivity contribution < 1.29 is 5.21 Å². The Labute approximate surface area is 74.9 Å². The number of oxime groups is 1. The number of hydrogen-bond acceptors (Lipinski definition) is 2. The third kappa shape index (κ3) is 1.12. The smallest absolute Gasteiger partial charge is 0.241 e. The summed E-state index contributed by atoms with van der Waals surface area (Å²) in [5, 5.41) is 12.5. The summed E-state index contributed by atoms with van der Waals surface area (Å²) >= 11 is 0. The number of nitrogens with zero attached hydrogens (tertiary/aromatic N) is 2. The van der Waals surface area contributed by atoms with Crippen LogP contribution in [0.15, 0.2) is 41.7 Å². The molecule has 1 heterocycles. The molecular formula is C9H9N3O. The number of benzene rings is 1. The average molecular weight is 175 g/mol. The summed E-state index contributed by atoms with van der Waals surface area (Å²) in [4.78, 5) is 0. The van der Waals surface area contributed by atoms with E-state index in [1.54, 1.807) is 10.8 Å². The highest BCUT2D eigenvalue weighted by atomic mass is 16.4. The van der Waals surface area contributed by atoms with Crippen LogP contribution >= 0.6 is 0 Å². The van der Waals surface area contributed by atoms with Gasteiger partial charge in [-0.2, -0.15) is 0 Å². The lowest BCUT2D eigenvalue weighted by molar-refractivity contribution is 0.316. The maximum atomic E-state index is 8.51. The molecule has 4 nitrogen and oxygen atoms in total. The van der Waals surface area contributed by atoms with Crippen LogP contribution in [0, 0.1) is 0 Å². The third-order valence-electron chi connectivity index (χ3n) is 1.95. The Morgan fingerprint density at radius 2 is 2.08 bits per heavy atom. The van der Waals surface area contributed by atoms with E-state index < -0.39 is 0 Å². The minimum Gasteiger partial charge on any atom is -0.408 e. The predicted molar refractivity (Wildman–Crippen MR) is 50.7 cm³/mol. The molecule has 3 N–H and O–H groups in total. The van der Waals surface area contributed by atoms with E-state index in [1.807, 2.05) is 30.3 Å². The van der Waals surface area contributed by atoms with Gasteiger partial charge in [0, 0.05) is 11.6 Å². The van der Waals surface area contributed by atoms with Crippen molar-refractivity contribution in [2.24, 2.45) is 10.9 Å². The first-order valence-corrected chi connectivity index (χ1v) is 3.87. The molecule has 0 aliphatic heterocycles. The van der Waals surface area contributed by atoms with E-state index in [0.29, 0.717) is 0 Å². The summed E-state index contributed by atoms with van der Waals surface area (Å²) in [5.41, 5.74) is 6.40. The Morgan fingerprint density at radius 1 is 1.31 bits per heavy atom. The van der Waals surface area contributed by atoms with Crippen LogP contribution in [0.3, 0.4) is 0 Å². The van der Waals surface area contributed by atoms with E-state index in [2.05, 4.69) is 5.16 Å². The van der Waals surface area contributed by atoms with Crippen LogP contribution in [0.5, 0.6) is 0 Å². The topological polar surface area (TPSA) is 63.5 Å². The SMILES string of the molecule is NC(=NO)n1ccc2ccccc21. The zero-order valence-electron chi connectivity index (χ0n) is 6.88. The predicted octanol–water partition coefficient (Wildman–Crippen LogP) is 1.19. The molecule has 0 saturated heterocycles. The molecule has 4 heteroatoms. The van der Waals surface area contributed by atoms with Crippen molar-refractivity contribution in [3.63, 3.8) is 0 Å².